The number of benzene rings is 2. The molecule has 2 heterocycles. The van der Waals surface area contributed by atoms with E-state index < -0.39 is 40.3 Å². The van der Waals surface area contributed by atoms with E-state index in [-0.39, 0.29) is 17.0 Å². The van der Waals surface area contributed by atoms with Crippen molar-refractivity contribution in [3.8, 4) is 17.2 Å². The van der Waals surface area contributed by atoms with E-state index in [9.17, 15) is 22.4 Å². The van der Waals surface area contributed by atoms with Gasteiger partial charge in [-0.05, 0) is 18.2 Å². The molecule has 1 aliphatic heterocycles. The molecule has 2 aromatic carbocycles. The highest BCUT2D eigenvalue weighted by Crippen LogP contribution is 2.40. The predicted molar refractivity (Wildman–Crippen MR) is 102 cm³/mol. The molecule has 5 nitrogen and oxygen atoms in total. The molecule has 0 spiro atoms. The highest BCUT2D eigenvalue weighted by atomic mass is 19.2. The minimum absolute atomic E-state index is 0.0537. The highest BCUT2D eigenvalue weighted by molar-refractivity contribution is 6.10. The van der Waals surface area contributed by atoms with Gasteiger partial charge in [0.2, 0.25) is 0 Å². The molecule has 9 heteroatoms. The fourth-order valence-corrected chi connectivity index (χ4v) is 3.61. The molecule has 0 radical (unpaired) electrons. The zero-order chi connectivity index (χ0) is 21.6. The molecule has 4 rings (SSSR count). The van der Waals surface area contributed by atoms with Gasteiger partial charge in [0.05, 0.1) is 28.8 Å². The summed E-state index contributed by atoms with van der Waals surface area (Å²) in [6.45, 7) is 0.685. The molecule has 1 fully saturated rings. The van der Waals surface area contributed by atoms with Gasteiger partial charge >= 0.3 is 0 Å². The zero-order valence-electron chi connectivity index (χ0n) is 15.6. The van der Waals surface area contributed by atoms with Crippen molar-refractivity contribution in [3.63, 3.8) is 0 Å². The SMILES string of the molecule is CNC(=O)c1cnc2c(-c3cc(F)cc(F)c3F)c(F)ccc2c1N1CC(C#N)C1. The lowest BCUT2D eigenvalue weighted by Gasteiger charge is -2.39. The lowest BCUT2D eigenvalue weighted by atomic mass is 9.94. The summed E-state index contributed by atoms with van der Waals surface area (Å²) in [7, 11) is 1.44. The van der Waals surface area contributed by atoms with Gasteiger partial charge in [-0.3, -0.25) is 9.78 Å². The Morgan fingerprint density at radius 3 is 2.60 bits per heavy atom. The Bertz CT molecular complexity index is 1230. The van der Waals surface area contributed by atoms with Crippen molar-refractivity contribution in [1.82, 2.24) is 10.3 Å². The summed E-state index contributed by atoms with van der Waals surface area (Å²) in [5.41, 5.74) is -0.498. The fourth-order valence-electron chi connectivity index (χ4n) is 3.61. The molecule has 0 saturated carbocycles. The third-order valence-electron chi connectivity index (χ3n) is 5.07. The van der Waals surface area contributed by atoms with Crippen LogP contribution < -0.4 is 10.2 Å². The average molecular weight is 414 g/mol. The predicted octanol–water partition coefficient (Wildman–Crippen LogP) is 3.78. The Morgan fingerprint density at radius 2 is 1.93 bits per heavy atom. The van der Waals surface area contributed by atoms with Crippen molar-refractivity contribution in [2.24, 2.45) is 5.92 Å². The molecule has 3 aromatic rings. The maximum Gasteiger partial charge on any atom is 0.254 e. The molecule has 0 aliphatic carbocycles. The molecule has 1 aromatic heterocycles. The molecule has 152 valence electrons. The van der Waals surface area contributed by atoms with Gasteiger partial charge in [0, 0.05) is 48.9 Å². The van der Waals surface area contributed by atoms with E-state index >= 15 is 0 Å². The third kappa shape index (κ3) is 3.01. The van der Waals surface area contributed by atoms with E-state index in [0.717, 1.165) is 6.07 Å². The number of halogens is 4. The van der Waals surface area contributed by atoms with Crippen LogP contribution in [-0.2, 0) is 0 Å². The van der Waals surface area contributed by atoms with Crippen LogP contribution in [-0.4, -0.2) is 31.0 Å². The molecule has 0 unspecified atom stereocenters. The second kappa shape index (κ2) is 7.30. The fraction of sp³-hybridized carbons (Fsp3) is 0.190. The molecule has 0 atom stereocenters. The molecule has 1 N–H and O–H groups in total. The number of carbonyl (C=O) groups excluding carboxylic acids is 1. The molecular weight excluding hydrogens is 400 g/mol. The van der Waals surface area contributed by atoms with Crippen LogP contribution in [0.1, 0.15) is 10.4 Å². The highest BCUT2D eigenvalue weighted by Gasteiger charge is 2.32. The summed E-state index contributed by atoms with van der Waals surface area (Å²) in [5, 5.41) is 11.9. The monoisotopic (exact) mass is 414 g/mol. The number of anilines is 1. The Hall–Kier alpha value is -3.67. The Kier molecular flexibility index (Phi) is 4.78. The first kappa shape index (κ1) is 19.6. The van der Waals surface area contributed by atoms with E-state index in [1.54, 1.807) is 4.90 Å². The Morgan fingerprint density at radius 1 is 1.20 bits per heavy atom. The molecule has 30 heavy (non-hydrogen) atoms. The van der Waals surface area contributed by atoms with E-state index in [4.69, 9.17) is 5.26 Å². The van der Waals surface area contributed by atoms with Crippen molar-refractivity contribution >= 4 is 22.5 Å². The van der Waals surface area contributed by atoms with Crippen LogP contribution in [0.15, 0.2) is 30.5 Å². The Balaban J connectivity index is 2.02. The number of aromatic nitrogens is 1. The van der Waals surface area contributed by atoms with Crippen molar-refractivity contribution in [1.29, 1.82) is 5.26 Å². The summed E-state index contributed by atoms with van der Waals surface area (Å²) in [6, 6.07) is 5.59. The van der Waals surface area contributed by atoms with Crippen LogP contribution in [0.25, 0.3) is 22.0 Å². The van der Waals surface area contributed by atoms with Gasteiger partial charge in [-0.15, -0.1) is 0 Å². The van der Waals surface area contributed by atoms with Crippen LogP contribution >= 0.6 is 0 Å². The lowest BCUT2D eigenvalue weighted by Crippen LogP contribution is -2.47. The van der Waals surface area contributed by atoms with Gasteiger partial charge in [-0.2, -0.15) is 5.26 Å². The minimum Gasteiger partial charge on any atom is -0.368 e. The van der Waals surface area contributed by atoms with Gasteiger partial charge in [-0.1, -0.05) is 0 Å². The number of hydrogen-bond acceptors (Lipinski definition) is 4. The number of fused-ring (bicyclic) bond motifs is 1. The van der Waals surface area contributed by atoms with Gasteiger partial charge < -0.3 is 10.2 Å². The van der Waals surface area contributed by atoms with E-state index in [1.165, 1.54) is 19.3 Å². The van der Waals surface area contributed by atoms with Crippen molar-refractivity contribution < 1.29 is 22.4 Å². The van der Waals surface area contributed by atoms with Crippen LogP contribution in [0.3, 0.4) is 0 Å². The average Bonchev–Trinajstić information content (AvgIpc) is 2.69. The smallest absolute Gasteiger partial charge is 0.254 e. The van der Waals surface area contributed by atoms with Gasteiger partial charge in [0.15, 0.2) is 11.6 Å². The van der Waals surface area contributed by atoms with Crippen molar-refractivity contribution in [3.05, 3.63) is 59.3 Å². The first-order chi connectivity index (χ1) is 14.3. The maximum atomic E-state index is 14.7. The van der Waals surface area contributed by atoms with E-state index in [1.807, 2.05) is 0 Å². The van der Waals surface area contributed by atoms with Crippen LogP contribution in [0, 0.1) is 40.5 Å². The standard InChI is InChI=1S/C21H14F4N4O/c1-27-21(30)14-7-28-19-12(20(14)29-8-10(6-26)9-29)2-3-15(23)17(19)13-4-11(22)5-16(24)18(13)25/h2-5,7,10H,8-9H2,1H3,(H,27,30). The quantitative estimate of drug-likeness (QED) is 0.523. The van der Waals surface area contributed by atoms with E-state index in [2.05, 4.69) is 16.4 Å². The third-order valence-corrected chi connectivity index (χ3v) is 5.07. The Labute approximate surface area is 168 Å². The summed E-state index contributed by atoms with van der Waals surface area (Å²) in [5.74, 6) is -5.54. The van der Waals surface area contributed by atoms with Gasteiger partial charge in [0.25, 0.3) is 5.91 Å². The second-order valence-electron chi connectivity index (χ2n) is 6.90. The number of nitrogens with zero attached hydrogens (tertiary/aromatic N) is 3. The topological polar surface area (TPSA) is 69.0 Å². The number of nitriles is 1. The molecule has 1 saturated heterocycles. The molecule has 1 aliphatic rings. The minimum atomic E-state index is -1.46. The molecule has 0 bridgehead atoms. The first-order valence-electron chi connectivity index (χ1n) is 8.98. The second-order valence-corrected chi connectivity index (χ2v) is 6.90. The van der Waals surface area contributed by atoms with Crippen LogP contribution in [0.2, 0.25) is 0 Å². The van der Waals surface area contributed by atoms with E-state index in [0.29, 0.717) is 36.3 Å². The molecular formula is C21H14F4N4O. The lowest BCUT2D eigenvalue weighted by molar-refractivity contribution is 0.0963. The largest absolute Gasteiger partial charge is 0.368 e. The number of rotatable bonds is 3. The van der Waals surface area contributed by atoms with Crippen LogP contribution in [0.4, 0.5) is 23.2 Å². The number of carbonyl (C=O) groups is 1. The van der Waals surface area contributed by atoms with Crippen molar-refractivity contribution in [2.75, 3.05) is 25.0 Å². The number of nitrogens with one attached hydrogen (secondary N) is 1. The summed E-state index contributed by atoms with van der Waals surface area (Å²) >= 11 is 0. The molecule has 1 amide bonds. The van der Waals surface area contributed by atoms with Gasteiger partial charge in [-0.25, -0.2) is 17.6 Å². The summed E-state index contributed by atoms with van der Waals surface area (Å²) in [6.07, 6.45) is 1.20. The van der Waals surface area contributed by atoms with Crippen LogP contribution in [0.5, 0.6) is 0 Å². The number of hydrogen-bond donors (Lipinski definition) is 1. The summed E-state index contributed by atoms with van der Waals surface area (Å²) < 4.78 is 56.7. The first-order valence-corrected chi connectivity index (χ1v) is 8.98. The maximum absolute atomic E-state index is 14.7. The van der Waals surface area contributed by atoms with Crippen molar-refractivity contribution in [2.45, 2.75) is 0 Å². The van der Waals surface area contributed by atoms with Gasteiger partial charge in [0.1, 0.15) is 11.6 Å². The zero-order valence-corrected chi connectivity index (χ0v) is 15.6. The number of pyridine rings is 1. The number of amides is 1. The normalized spacial score (nSPS) is 13.8. The summed E-state index contributed by atoms with van der Waals surface area (Å²) in [4.78, 5) is 18.2.